The van der Waals surface area contributed by atoms with Crippen molar-refractivity contribution in [3.05, 3.63) is 0 Å². The van der Waals surface area contributed by atoms with E-state index >= 15 is 0 Å². The molecule has 0 bridgehead atoms. The van der Waals surface area contributed by atoms with Crippen LogP contribution in [0.1, 0.15) is 39.0 Å². The smallest absolute Gasteiger partial charge is 0.304 e. The van der Waals surface area contributed by atoms with Crippen LogP contribution >= 0.6 is 0 Å². The first-order valence-electron chi connectivity index (χ1n) is 6.78. The molecule has 0 saturated carbocycles. The number of rotatable bonds is 6. The fourth-order valence-electron chi connectivity index (χ4n) is 2.57. The molecule has 1 fully saturated rings. The summed E-state index contributed by atoms with van der Waals surface area (Å²) in [6.07, 6.45) is 5.10. The summed E-state index contributed by atoms with van der Waals surface area (Å²) in [4.78, 5) is 15.3. The molecule has 1 aliphatic rings. The van der Waals surface area contributed by atoms with Gasteiger partial charge in [0.2, 0.25) is 0 Å². The number of carbonyl (C=O) groups is 1. The minimum Gasteiger partial charge on any atom is -0.481 e. The van der Waals surface area contributed by atoms with Crippen molar-refractivity contribution < 1.29 is 9.90 Å². The Kier molecular flexibility index (Phi) is 6.52. The zero-order valence-electron chi connectivity index (χ0n) is 11.2. The van der Waals surface area contributed by atoms with Gasteiger partial charge in [-0.05, 0) is 52.4 Å². The summed E-state index contributed by atoms with van der Waals surface area (Å²) in [7, 11) is 2.06. The topological polar surface area (TPSA) is 43.8 Å². The molecule has 17 heavy (non-hydrogen) atoms. The van der Waals surface area contributed by atoms with Crippen molar-refractivity contribution in [2.45, 2.75) is 45.1 Å². The maximum Gasteiger partial charge on any atom is 0.304 e. The van der Waals surface area contributed by atoms with Crippen LogP contribution in [0.25, 0.3) is 0 Å². The average Bonchev–Trinajstić information content (AvgIpc) is 2.52. The van der Waals surface area contributed by atoms with Gasteiger partial charge in [-0.15, -0.1) is 0 Å². The largest absolute Gasteiger partial charge is 0.481 e. The molecule has 4 heteroatoms. The second-order valence-corrected chi connectivity index (χ2v) is 5.05. The number of hydrogen-bond acceptors (Lipinski definition) is 3. The molecule has 0 aromatic heterocycles. The first-order valence-corrected chi connectivity index (χ1v) is 6.78. The van der Waals surface area contributed by atoms with Crippen molar-refractivity contribution >= 4 is 5.97 Å². The predicted molar refractivity (Wildman–Crippen MR) is 69.3 cm³/mol. The van der Waals surface area contributed by atoms with Crippen molar-refractivity contribution in [1.82, 2.24) is 9.80 Å². The van der Waals surface area contributed by atoms with E-state index in [1.54, 1.807) is 0 Å². The monoisotopic (exact) mass is 242 g/mol. The summed E-state index contributed by atoms with van der Waals surface area (Å²) in [6, 6.07) is 0.566. The second kappa shape index (κ2) is 7.67. The number of hydrogen-bond donors (Lipinski definition) is 1. The van der Waals surface area contributed by atoms with E-state index in [1.807, 2.05) is 0 Å². The Morgan fingerprint density at radius 2 is 2.18 bits per heavy atom. The Labute approximate surface area is 105 Å². The predicted octanol–water partition coefficient (Wildman–Crippen LogP) is 1.66. The molecule has 1 saturated heterocycles. The zero-order chi connectivity index (χ0) is 12.7. The maximum atomic E-state index is 10.6. The van der Waals surface area contributed by atoms with Crippen molar-refractivity contribution in [3.8, 4) is 0 Å². The molecule has 1 aliphatic heterocycles. The fraction of sp³-hybridized carbons (Fsp3) is 0.923. The van der Waals surface area contributed by atoms with Crippen LogP contribution in [0.4, 0.5) is 0 Å². The normalized spacial score (nSPS) is 22.6. The van der Waals surface area contributed by atoms with E-state index in [1.165, 1.54) is 38.8 Å². The number of nitrogens with zero attached hydrogens (tertiary/aromatic N) is 2. The van der Waals surface area contributed by atoms with Gasteiger partial charge in [-0.3, -0.25) is 4.79 Å². The highest BCUT2D eigenvalue weighted by atomic mass is 16.4. The minimum absolute atomic E-state index is 0.256. The third-order valence-corrected chi connectivity index (χ3v) is 3.63. The summed E-state index contributed by atoms with van der Waals surface area (Å²) < 4.78 is 0. The Morgan fingerprint density at radius 1 is 1.41 bits per heavy atom. The molecule has 100 valence electrons. The van der Waals surface area contributed by atoms with Crippen LogP contribution in [-0.2, 0) is 4.79 Å². The molecular weight excluding hydrogens is 216 g/mol. The standard InChI is InChI=1S/C13H26N2O2/c1-3-8-15-9-4-5-12(6-11-15)14(2)10-7-13(16)17/h12H,3-11H2,1-2H3,(H,16,17). The Morgan fingerprint density at radius 3 is 2.82 bits per heavy atom. The van der Waals surface area contributed by atoms with E-state index in [-0.39, 0.29) is 6.42 Å². The van der Waals surface area contributed by atoms with Gasteiger partial charge in [0.05, 0.1) is 6.42 Å². The number of aliphatic carboxylic acids is 1. The third-order valence-electron chi connectivity index (χ3n) is 3.63. The van der Waals surface area contributed by atoms with Crippen molar-refractivity contribution in [1.29, 1.82) is 0 Å². The second-order valence-electron chi connectivity index (χ2n) is 5.05. The van der Waals surface area contributed by atoms with Crippen LogP contribution < -0.4 is 0 Å². The molecule has 0 amide bonds. The molecule has 1 atom stereocenters. The average molecular weight is 242 g/mol. The van der Waals surface area contributed by atoms with Crippen LogP contribution in [0, 0.1) is 0 Å². The lowest BCUT2D eigenvalue weighted by Crippen LogP contribution is -2.34. The van der Waals surface area contributed by atoms with E-state index < -0.39 is 5.97 Å². The van der Waals surface area contributed by atoms with Crippen LogP contribution in [0.3, 0.4) is 0 Å². The van der Waals surface area contributed by atoms with Gasteiger partial charge in [0.25, 0.3) is 0 Å². The summed E-state index contributed by atoms with van der Waals surface area (Å²) >= 11 is 0. The fourth-order valence-corrected chi connectivity index (χ4v) is 2.57. The highest BCUT2D eigenvalue weighted by molar-refractivity contribution is 5.66. The van der Waals surface area contributed by atoms with E-state index in [2.05, 4.69) is 23.8 Å². The highest BCUT2D eigenvalue weighted by Crippen LogP contribution is 2.16. The van der Waals surface area contributed by atoms with Gasteiger partial charge in [-0.25, -0.2) is 0 Å². The van der Waals surface area contributed by atoms with Gasteiger partial charge in [0, 0.05) is 12.6 Å². The van der Waals surface area contributed by atoms with E-state index in [4.69, 9.17) is 5.11 Å². The molecule has 0 aliphatic carbocycles. The van der Waals surface area contributed by atoms with Crippen LogP contribution in [0.5, 0.6) is 0 Å². The Balaban J connectivity index is 2.31. The van der Waals surface area contributed by atoms with Crippen LogP contribution in [0.15, 0.2) is 0 Å². The SMILES string of the molecule is CCCN1CCCC(N(C)CCC(=O)O)CC1. The van der Waals surface area contributed by atoms with Crippen LogP contribution in [0.2, 0.25) is 0 Å². The molecule has 1 heterocycles. The number of likely N-dealkylation sites (tertiary alicyclic amines) is 1. The summed E-state index contributed by atoms with van der Waals surface area (Å²) in [6.45, 7) is 6.47. The van der Waals surface area contributed by atoms with E-state index in [9.17, 15) is 4.79 Å². The molecule has 0 aromatic carbocycles. The molecule has 0 radical (unpaired) electrons. The van der Waals surface area contributed by atoms with Gasteiger partial charge in [0.1, 0.15) is 0 Å². The quantitative estimate of drug-likeness (QED) is 0.769. The number of carboxylic acid groups (broad SMARTS) is 1. The lowest BCUT2D eigenvalue weighted by Gasteiger charge is -2.26. The number of carboxylic acids is 1. The van der Waals surface area contributed by atoms with Gasteiger partial charge >= 0.3 is 5.97 Å². The minimum atomic E-state index is -0.696. The maximum absolute atomic E-state index is 10.6. The highest BCUT2D eigenvalue weighted by Gasteiger charge is 2.20. The van der Waals surface area contributed by atoms with E-state index in [0.29, 0.717) is 12.6 Å². The molecule has 0 spiro atoms. The van der Waals surface area contributed by atoms with Gasteiger partial charge < -0.3 is 14.9 Å². The first-order chi connectivity index (χ1) is 8.13. The van der Waals surface area contributed by atoms with Crippen molar-refractivity contribution in [2.24, 2.45) is 0 Å². The first kappa shape index (κ1) is 14.5. The lowest BCUT2D eigenvalue weighted by molar-refractivity contribution is -0.137. The Hall–Kier alpha value is -0.610. The van der Waals surface area contributed by atoms with Gasteiger partial charge in [-0.2, -0.15) is 0 Å². The molecule has 4 nitrogen and oxygen atoms in total. The van der Waals surface area contributed by atoms with Crippen molar-refractivity contribution in [2.75, 3.05) is 33.2 Å². The Bertz CT molecular complexity index is 233. The summed E-state index contributed by atoms with van der Waals surface area (Å²) in [5.74, 6) is -0.696. The lowest BCUT2D eigenvalue weighted by atomic mass is 10.1. The molecule has 1 N–H and O–H groups in total. The van der Waals surface area contributed by atoms with Crippen molar-refractivity contribution in [3.63, 3.8) is 0 Å². The van der Waals surface area contributed by atoms with Crippen LogP contribution in [-0.4, -0.2) is 60.1 Å². The molecule has 1 unspecified atom stereocenters. The molecular formula is C13H26N2O2. The van der Waals surface area contributed by atoms with Gasteiger partial charge in [-0.1, -0.05) is 6.92 Å². The van der Waals surface area contributed by atoms with E-state index in [0.717, 1.165) is 6.54 Å². The van der Waals surface area contributed by atoms with Gasteiger partial charge in [0.15, 0.2) is 0 Å². The summed E-state index contributed by atoms with van der Waals surface area (Å²) in [5.41, 5.74) is 0. The third kappa shape index (κ3) is 5.50. The molecule has 1 rings (SSSR count). The molecule has 0 aromatic rings. The summed E-state index contributed by atoms with van der Waals surface area (Å²) in [5, 5.41) is 8.69. The zero-order valence-corrected chi connectivity index (χ0v) is 11.2.